The molecule has 0 aliphatic heterocycles. The van der Waals surface area contributed by atoms with Crippen LogP contribution in [0.15, 0.2) is 6.07 Å². The Kier molecular flexibility index (Phi) is 11.3. The van der Waals surface area contributed by atoms with Crippen molar-refractivity contribution in [2.75, 3.05) is 18.6 Å². The lowest BCUT2D eigenvalue weighted by atomic mass is 9.90. The number of rotatable bonds is 7. The van der Waals surface area contributed by atoms with Gasteiger partial charge in [0.05, 0.1) is 13.7 Å². The van der Waals surface area contributed by atoms with Crippen molar-refractivity contribution in [1.29, 1.82) is 0 Å². The second kappa shape index (κ2) is 12.3. The SMILES string of the molecule is CI.COc1cc(OSI)c(C(=O)O)c(OCC2CCCCC2)c1C. The van der Waals surface area contributed by atoms with Crippen molar-refractivity contribution in [1.82, 2.24) is 0 Å². The molecule has 1 fully saturated rings. The van der Waals surface area contributed by atoms with E-state index in [4.69, 9.17) is 13.7 Å². The summed E-state index contributed by atoms with van der Waals surface area (Å²) in [6.07, 6.45) is 5.99. The maximum Gasteiger partial charge on any atom is 0.343 e. The number of hydrogen-bond acceptors (Lipinski definition) is 5. The van der Waals surface area contributed by atoms with Crippen LogP contribution in [0.1, 0.15) is 48.0 Å². The minimum atomic E-state index is -1.06. The number of ether oxygens (including phenoxy) is 2. The molecule has 0 radical (unpaired) electrons. The Bertz CT molecular complexity index is 562. The first-order valence-electron chi connectivity index (χ1n) is 7.99. The van der Waals surface area contributed by atoms with Crippen LogP contribution >= 0.6 is 53.0 Å². The molecule has 1 aromatic rings. The van der Waals surface area contributed by atoms with E-state index in [1.807, 2.05) is 33.1 Å². The van der Waals surface area contributed by atoms with Gasteiger partial charge in [-0.15, -0.1) is 0 Å². The maximum absolute atomic E-state index is 11.7. The van der Waals surface area contributed by atoms with E-state index in [0.717, 1.165) is 22.1 Å². The molecule has 142 valence electrons. The number of benzene rings is 1. The number of hydrogen-bond donors (Lipinski definition) is 1. The molecule has 1 N–H and O–H groups in total. The lowest BCUT2D eigenvalue weighted by Gasteiger charge is -2.23. The zero-order valence-corrected chi connectivity index (χ0v) is 19.8. The van der Waals surface area contributed by atoms with E-state index in [-0.39, 0.29) is 11.3 Å². The van der Waals surface area contributed by atoms with E-state index in [1.165, 1.54) is 19.3 Å². The Hall–Kier alpha value is -0.100. The normalized spacial score (nSPS) is 14.3. The standard InChI is InChI=1S/C16H21IO5S.CH3I/c1-10-12(20-2)8-13(22-23-17)14(16(18)19)15(10)21-9-11-6-4-3-5-7-11;1-2/h8,11H,3-7,9H2,1-2H3,(H,18,19);1H3. The van der Waals surface area contributed by atoms with Crippen LogP contribution in [-0.2, 0) is 0 Å². The van der Waals surface area contributed by atoms with Crippen molar-refractivity contribution in [3.05, 3.63) is 17.2 Å². The molecule has 0 unspecified atom stereocenters. The molecular weight excluding hydrogens is 570 g/mol. The molecule has 0 heterocycles. The third kappa shape index (κ3) is 6.53. The van der Waals surface area contributed by atoms with Crippen molar-refractivity contribution >= 4 is 59.0 Å². The van der Waals surface area contributed by atoms with E-state index in [1.54, 1.807) is 13.2 Å². The molecule has 1 aromatic carbocycles. The molecule has 8 heteroatoms. The molecule has 0 bridgehead atoms. The highest BCUT2D eigenvalue weighted by atomic mass is 127. The van der Waals surface area contributed by atoms with Gasteiger partial charge in [-0.05, 0) is 30.6 Å². The summed E-state index contributed by atoms with van der Waals surface area (Å²) in [4.78, 5) is 13.7. The lowest BCUT2D eigenvalue weighted by Crippen LogP contribution is -2.17. The molecule has 2 rings (SSSR count). The predicted octanol–water partition coefficient (Wildman–Crippen LogP) is 6.09. The maximum atomic E-state index is 11.7. The molecule has 1 saturated carbocycles. The first-order valence-corrected chi connectivity index (χ1v) is 13.4. The average molecular weight is 594 g/mol. The Morgan fingerprint density at radius 3 is 2.44 bits per heavy atom. The van der Waals surface area contributed by atoms with E-state index in [2.05, 4.69) is 22.6 Å². The minimum Gasteiger partial charge on any atom is -0.496 e. The van der Waals surface area contributed by atoms with Gasteiger partial charge in [-0.25, -0.2) is 4.79 Å². The first kappa shape index (κ1) is 22.9. The largest absolute Gasteiger partial charge is 0.496 e. The molecule has 1 aliphatic rings. The lowest BCUT2D eigenvalue weighted by molar-refractivity contribution is 0.0688. The highest BCUT2D eigenvalue weighted by molar-refractivity contribution is 14.2. The Morgan fingerprint density at radius 1 is 1.28 bits per heavy atom. The summed E-state index contributed by atoms with van der Waals surface area (Å²) in [6, 6.07) is 1.60. The molecular formula is C17H24I2O5S. The van der Waals surface area contributed by atoms with Gasteiger partial charge in [0.25, 0.3) is 0 Å². The molecule has 25 heavy (non-hydrogen) atoms. The number of alkyl halides is 1. The van der Waals surface area contributed by atoms with Gasteiger partial charge in [0.2, 0.25) is 0 Å². The minimum absolute atomic E-state index is 0.0586. The number of carboxylic acids is 1. The number of halogens is 2. The zero-order chi connectivity index (χ0) is 18.8. The van der Waals surface area contributed by atoms with Crippen LogP contribution in [0.25, 0.3) is 0 Å². The average Bonchev–Trinajstić information content (AvgIpc) is 2.64. The van der Waals surface area contributed by atoms with E-state index in [9.17, 15) is 9.90 Å². The van der Waals surface area contributed by atoms with Gasteiger partial charge in [-0.2, -0.15) is 0 Å². The van der Waals surface area contributed by atoms with Gasteiger partial charge in [0.15, 0.2) is 5.75 Å². The van der Waals surface area contributed by atoms with Gasteiger partial charge in [-0.3, -0.25) is 0 Å². The van der Waals surface area contributed by atoms with Crippen molar-refractivity contribution in [3.63, 3.8) is 0 Å². The van der Waals surface area contributed by atoms with Crippen LogP contribution in [0.4, 0.5) is 0 Å². The number of carboxylic acid groups (broad SMARTS) is 1. The molecule has 5 nitrogen and oxygen atoms in total. The number of carbonyl (C=O) groups is 1. The smallest absolute Gasteiger partial charge is 0.343 e. The predicted molar refractivity (Wildman–Crippen MR) is 119 cm³/mol. The Balaban J connectivity index is 0.00000151. The fourth-order valence-electron chi connectivity index (χ4n) is 2.96. The van der Waals surface area contributed by atoms with E-state index >= 15 is 0 Å². The molecule has 0 aromatic heterocycles. The zero-order valence-electron chi connectivity index (χ0n) is 14.6. The van der Waals surface area contributed by atoms with Crippen LogP contribution in [0, 0.1) is 12.8 Å². The third-order valence-electron chi connectivity index (χ3n) is 4.19. The number of methoxy groups -OCH3 is 1. The van der Waals surface area contributed by atoms with Crippen molar-refractivity contribution < 1.29 is 23.6 Å². The van der Waals surface area contributed by atoms with E-state index in [0.29, 0.717) is 29.6 Å². The van der Waals surface area contributed by atoms with Crippen molar-refractivity contribution in [2.24, 2.45) is 5.92 Å². The molecule has 1 aliphatic carbocycles. The summed E-state index contributed by atoms with van der Waals surface area (Å²) in [5.74, 6) is 0.587. The van der Waals surface area contributed by atoms with Crippen molar-refractivity contribution in [3.8, 4) is 17.2 Å². The summed E-state index contributed by atoms with van der Waals surface area (Å²) in [7, 11) is 2.61. The second-order valence-corrected chi connectivity index (χ2v) is 7.04. The van der Waals surface area contributed by atoms with Crippen LogP contribution in [0.3, 0.4) is 0 Å². The molecule has 0 spiro atoms. The molecule has 0 atom stereocenters. The molecule has 0 saturated heterocycles. The fraction of sp³-hybridized carbons (Fsp3) is 0.588. The van der Waals surface area contributed by atoms with Crippen LogP contribution in [-0.4, -0.2) is 29.7 Å². The fourth-order valence-corrected chi connectivity index (χ4v) is 3.74. The van der Waals surface area contributed by atoms with Crippen LogP contribution in [0.5, 0.6) is 17.2 Å². The van der Waals surface area contributed by atoms with Gasteiger partial charge in [-0.1, -0.05) is 41.9 Å². The van der Waals surface area contributed by atoms with E-state index < -0.39 is 5.97 Å². The quantitative estimate of drug-likeness (QED) is 0.234. The van der Waals surface area contributed by atoms with Gasteiger partial charge < -0.3 is 18.8 Å². The summed E-state index contributed by atoms with van der Waals surface area (Å²) < 4.78 is 16.7. The Morgan fingerprint density at radius 2 is 1.92 bits per heavy atom. The van der Waals surface area contributed by atoms with Gasteiger partial charge in [0, 0.05) is 32.8 Å². The highest BCUT2D eigenvalue weighted by Gasteiger charge is 2.25. The van der Waals surface area contributed by atoms with Crippen molar-refractivity contribution in [2.45, 2.75) is 39.0 Å². The summed E-state index contributed by atoms with van der Waals surface area (Å²) in [5.41, 5.74) is 0.745. The number of aromatic carboxylic acids is 1. The Labute approximate surface area is 179 Å². The van der Waals surface area contributed by atoms with Crippen LogP contribution in [0.2, 0.25) is 0 Å². The van der Waals surface area contributed by atoms with Crippen LogP contribution < -0.4 is 13.7 Å². The van der Waals surface area contributed by atoms with Gasteiger partial charge in [0.1, 0.15) is 26.3 Å². The second-order valence-electron chi connectivity index (χ2n) is 5.67. The monoisotopic (exact) mass is 594 g/mol. The summed E-state index contributed by atoms with van der Waals surface area (Å²) >= 11 is 4.10. The molecule has 0 amide bonds. The summed E-state index contributed by atoms with van der Waals surface area (Å²) in [5, 5.41) is 9.59. The topological polar surface area (TPSA) is 65.0 Å². The third-order valence-corrected chi connectivity index (χ3v) is 4.97. The highest BCUT2D eigenvalue weighted by Crippen LogP contribution is 2.41. The van der Waals surface area contributed by atoms with Gasteiger partial charge >= 0.3 is 5.97 Å². The first-order chi connectivity index (χ1) is 12.1. The summed E-state index contributed by atoms with van der Waals surface area (Å²) in [6.45, 7) is 2.34.